The van der Waals surface area contributed by atoms with Gasteiger partial charge in [0, 0.05) is 18.3 Å². The van der Waals surface area contributed by atoms with E-state index in [4.69, 9.17) is 15.9 Å². The molecular formula is C20H26N6O7. The van der Waals surface area contributed by atoms with Gasteiger partial charge in [0.05, 0.1) is 25.5 Å². The largest absolute Gasteiger partial charge is 0.508 e. The van der Waals surface area contributed by atoms with Gasteiger partial charge in [-0.3, -0.25) is 14.4 Å². The van der Waals surface area contributed by atoms with E-state index in [0.29, 0.717) is 11.3 Å². The number of hydrogen-bond donors (Lipinski definition) is 8. The molecular weight excluding hydrogens is 436 g/mol. The first-order valence-electron chi connectivity index (χ1n) is 9.91. The number of aliphatic hydroxyl groups excluding tert-OH is 1. The zero-order valence-corrected chi connectivity index (χ0v) is 17.5. The van der Waals surface area contributed by atoms with Crippen molar-refractivity contribution in [3.8, 4) is 5.75 Å². The number of benzene rings is 1. The summed E-state index contributed by atoms with van der Waals surface area (Å²) in [5.74, 6) is -3.51. The minimum absolute atomic E-state index is 0.0380. The molecule has 1 heterocycles. The zero-order valence-electron chi connectivity index (χ0n) is 17.5. The van der Waals surface area contributed by atoms with Crippen molar-refractivity contribution in [3.05, 3.63) is 48.0 Å². The normalized spacial score (nSPS) is 13.4. The molecule has 0 spiro atoms. The summed E-state index contributed by atoms with van der Waals surface area (Å²) < 4.78 is 0. The predicted octanol–water partition coefficient (Wildman–Crippen LogP) is -2.61. The molecule has 2 aromatic rings. The van der Waals surface area contributed by atoms with Gasteiger partial charge in [0.15, 0.2) is 0 Å². The highest BCUT2D eigenvalue weighted by Crippen LogP contribution is 2.10. The molecule has 0 aliphatic carbocycles. The van der Waals surface area contributed by atoms with Gasteiger partial charge < -0.3 is 42.0 Å². The standard InChI is InChI=1S/C20H26N6O7/c21-14(5-11-1-3-13(28)4-2-11)18(30)23-8-17(29)25-15(6-12-7-22-10-24-12)19(31)26-16(9-27)20(32)33/h1-4,7,10,14-16,27-28H,5-6,8-9,21H2,(H,22,24)(H,23,30)(H,25,29)(H,26,31)(H,32,33). The summed E-state index contributed by atoms with van der Waals surface area (Å²) in [7, 11) is 0. The predicted molar refractivity (Wildman–Crippen MR) is 114 cm³/mol. The molecule has 13 heteroatoms. The molecule has 0 saturated heterocycles. The van der Waals surface area contributed by atoms with Crippen molar-refractivity contribution >= 4 is 23.7 Å². The lowest BCUT2D eigenvalue weighted by Crippen LogP contribution is -2.55. The van der Waals surface area contributed by atoms with Gasteiger partial charge in [0.2, 0.25) is 17.7 Å². The first-order chi connectivity index (χ1) is 15.7. The Kier molecular flexibility index (Phi) is 9.32. The van der Waals surface area contributed by atoms with Crippen LogP contribution < -0.4 is 21.7 Å². The number of carboxylic acid groups (broad SMARTS) is 1. The van der Waals surface area contributed by atoms with E-state index in [0.717, 1.165) is 0 Å². The number of nitrogens with two attached hydrogens (primary N) is 1. The number of rotatable bonds is 12. The molecule has 13 nitrogen and oxygen atoms in total. The van der Waals surface area contributed by atoms with Crippen molar-refractivity contribution in [1.82, 2.24) is 25.9 Å². The SMILES string of the molecule is NC(Cc1ccc(O)cc1)C(=O)NCC(=O)NC(Cc1cnc[nH]1)C(=O)NC(CO)C(=O)O. The van der Waals surface area contributed by atoms with Crippen LogP contribution in [-0.4, -0.2) is 80.3 Å². The van der Waals surface area contributed by atoms with E-state index in [9.17, 15) is 24.3 Å². The minimum Gasteiger partial charge on any atom is -0.508 e. The highest BCUT2D eigenvalue weighted by Gasteiger charge is 2.27. The van der Waals surface area contributed by atoms with Gasteiger partial charge in [-0.05, 0) is 24.1 Å². The topological polar surface area (TPSA) is 220 Å². The highest BCUT2D eigenvalue weighted by molar-refractivity contribution is 5.92. The van der Waals surface area contributed by atoms with Crippen molar-refractivity contribution in [2.24, 2.45) is 5.73 Å². The second-order valence-electron chi connectivity index (χ2n) is 7.18. The average molecular weight is 462 g/mol. The number of aromatic nitrogens is 2. The maximum atomic E-state index is 12.5. The molecule has 9 N–H and O–H groups in total. The molecule has 178 valence electrons. The molecule has 0 radical (unpaired) electrons. The summed E-state index contributed by atoms with van der Waals surface area (Å²) >= 11 is 0. The van der Waals surface area contributed by atoms with Gasteiger partial charge in [-0.15, -0.1) is 0 Å². The molecule has 0 saturated carbocycles. The smallest absolute Gasteiger partial charge is 0.328 e. The number of aromatic amines is 1. The molecule has 1 aromatic heterocycles. The number of phenolic OH excluding ortho intramolecular Hbond substituents is 1. The van der Waals surface area contributed by atoms with Gasteiger partial charge >= 0.3 is 5.97 Å². The molecule has 3 atom stereocenters. The third kappa shape index (κ3) is 8.23. The number of amides is 3. The zero-order chi connectivity index (χ0) is 24.4. The summed E-state index contributed by atoms with van der Waals surface area (Å²) in [5, 5.41) is 34.3. The second kappa shape index (κ2) is 12.2. The lowest BCUT2D eigenvalue weighted by molar-refractivity contribution is -0.143. The molecule has 0 fully saturated rings. The molecule has 1 aromatic carbocycles. The Labute approximate surface area is 188 Å². The molecule has 33 heavy (non-hydrogen) atoms. The van der Waals surface area contributed by atoms with E-state index in [1.165, 1.54) is 24.7 Å². The van der Waals surface area contributed by atoms with Crippen LogP contribution in [0.25, 0.3) is 0 Å². The Morgan fingerprint density at radius 3 is 2.30 bits per heavy atom. The number of phenols is 1. The third-order valence-electron chi connectivity index (χ3n) is 4.58. The summed E-state index contributed by atoms with van der Waals surface area (Å²) in [6.07, 6.45) is 2.94. The molecule has 0 aliphatic rings. The molecule has 0 aliphatic heterocycles. The van der Waals surface area contributed by atoms with E-state index in [2.05, 4.69) is 25.9 Å². The fourth-order valence-corrected chi connectivity index (χ4v) is 2.81. The summed E-state index contributed by atoms with van der Waals surface area (Å²) in [6.45, 7) is -1.31. The van der Waals surface area contributed by atoms with Crippen LogP contribution in [0.1, 0.15) is 11.3 Å². The van der Waals surface area contributed by atoms with Gasteiger partial charge in [-0.2, -0.15) is 0 Å². The van der Waals surface area contributed by atoms with E-state index >= 15 is 0 Å². The van der Waals surface area contributed by atoms with Crippen molar-refractivity contribution in [1.29, 1.82) is 0 Å². The van der Waals surface area contributed by atoms with Crippen molar-refractivity contribution in [2.75, 3.05) is 13.2 Å². The number of nitrogens with one attached hydrogen (secondary N) is 4. The third-order valence-corrected chi connectivity index (χ3v) is 4.58. The second-order valence-corrected chi connectivity index (χ2v) is 7.18. The van der Waals surface area contributed by atoms with E-state index < -0.39 is 55.0 Å². The number of carbonyl (C=O) groups is 4. The number of carbonyl (C=O) groups excluding carboxylic acids is 3. The van der Waals surface area contributed by atoms with Crippen LogP contribution in [0.5, 0.6) is 5.75 Å². The number of nitrogens with zero attached hydrogens (tertiary/aromatic N) is 1. The molecule has 2 rings (SSSR count). The Morgan fingerprint density at radius 1 is 1.03 bits per heavy atom. The number of aliphatic carboxylic acids is 1. The van der Waals surface area contributed by atoms with Crippen LogP contribution in [0.4, 0.5) is 0 Å². The van der Waals surface area contributed by atoms with Crippen LogP contribution in [0, 0.1) is 0 Å². The van der Waals surface area contributed by atoms with Crippen molar-refractivity contribution in [3.63, 3.8) is 0 Å². The summed E-state index contributed by atoms with van der Waals surface area (Å²) in [6, 6.07) is 2.46. The Morgan fingerprint density at radius 2 is 1.73 bits per heavy atom. The minimum atomic E-state index is -1.55. The number of aromatic hydroxyl groups is 1. The Balaban J connectivity index is 1.92. The quantitative estimate of drug-likeness (QED) is 0.165. The fraction of sp³-hybridized carbons (Fsp3) is 0.350. The number of carboxylic acids is 1. The average Bonchev–Trinajstić information content (AvgIpc) is 3.29. The molecule has 3 unspecified atom stereocenters. The van der Waals surface area contributed by atoms with Gasteiger partial charge in [0.25, 0.3) is 0 Å². The number of aliphatic hydroxyl groups is 1. The van der Waals surface area contributed by atoms with Crippen LogP contribution in [-0.2, 0) is 32.0 Å². The lowest BCUT2D eigenvalue weighted by atomic mass is 10.1. The Bertz CT molecular complexity index is 948. The monoisotopic (exact) mass is 462 g/mol. The fourth-order valence-electron chi connectivity index (χ4n) is 2.81. The first-order valence-corrected chi connectivity index (χ1v) is 9.91. The first kappa shape index (κ1) is 25.3. The van der Waals surface area contributed by atoms with Crippen LogP contribution >= 0.6 is 0 Å². The maximum Gasteiger partial charge on any atom is 0.328 e. The summed E-state index contributed by atoms with van der Waals surface area (Å²) in [4.78, 5) is 54.7. The van der Waals surface area contributed by atoms with Gasteiger partial charge in [-0.1, -0.05) is 12.1 Å². The highest BCUT2D eigenvalue weighted by atomic mass is 16.4. The number of hydrogen-bond acceptors (Lipinski definition) is 8. The van der Waals surface area contributed by atoms with E-state index in [-0.39, 0.29) is 18.6 Å². The van der Waals surface area contributed by atoms with E-state index in [1.807, 2.05) is 0 Å². The van der Waals surface area contributed by atoms with Crippen molar-refractivity contribution < 1.29 is 34.5 Å². The number of H-pyrrole nitrogens is 1. The molecule has 3 amide bonds. The lowest BCUT2D eigenvalue weighted by Gasteiger charge is -2.20. The molecule has 0 bridgehead atoms. The summed E-state index contributed by atoms with van der Waals surface area (Å²) in [5.41, 5.74) is 7.06. The maximum absolute atomic E-state index is 12.5. The van der Waals surface area contributed by atoms with E-state index in [1.54, 1.807) is 12.1 Å². The van der Waals surface area contributed by atoms with Gasteiger partial charge in [-0.25, -0.2) is 9.78 Å². The Hall–Kier alpha value is -3.97. The number of imidazole rings is 1. The van der Waals surface area contributed by atoms with Crippen molar-refractivity contribution in [2.45, 2.75) is 31.0 Å². The van der Waals surface area contributed by atoms with Crippen LogP contribution in [0.3, 0.4) is 0 Å². The van der Waals surface area contributed by atoms with Gasteiger partial charge in [0.1, 0.15) is 17.8 Å². The van der Waals surface area contributed by atoms with Crippen LogP contribution in [0.2, 0.25) is 0 Å². The van der Waals surface area contributed by atoms with Crippen LogP contribution in [0.15, 0.2) is 36.8 Å².